The van der Waals surface area contributed by atoms with Crippen LogP contribution in [0.5, 0.6) is 0 Å². The molecule has 4 nitrogen and oxygen atoms in total. The van der Waals surface area contributed by atoms with Gasteiger partial charge in [-0.15, -0.1) is 0 Å². The van der Waals surface area contributed by atoms with E-state index < -0.39 is 0 Å². The lowest BCUT2D eigenvalue weighted by molar-refractivity contribution is -0.124. The molecule has 0 radical (unpaired) electrons. The molecule has 0 saturated carbocycles. The molecule has 2 rings (SSSR count). The Morgan fingerprint density at radius 1 is 1.58 bits per heavy atom. The summed E-state index contributed by atoms with van der Waals surface area (Å²) in [7, 11) is 1.69. The normalized spacial score (nSPS) is 19.3. The van der Waals surface area contributed by atoms with Crippen molar-refractivity contribution in [2.45, 2.75) is 19.4 Å². The molecule has 5 heteroatoms. The van der Waals surface area contributed by atoms with Gasteiger partial charge in [-0.2, -0.15) is 0 Å². The van der Waals surface area contributed by atoms with Gasteiger partial charge in [0.05, 0.1) is 5.92 Å². The molecule has 1 heterocycles. The fraction of sp³-hybridized carbons (Fsp3) is 0.500. The topological polar surface area (TPSA) is 58.4 Å². The number of nitrogens with zero attached hydrogens (tertiary/aromatic N) is 1. The number of halogens is 1. The van der Waals surface area contributed by atoms with Crippen molar-refractivity contribution < 1.29 is 4.79 Å². The largest absolute Gasteiger partial charge is 0.370 e. The number of benzene rings is 1. The average Bonchev–Trinajstić information content (AvgIpc) is 2.46. The second kappa shape index (κ2) is 6.26. The van der Waals surface area contributed by atoms with Crippen LogP contribution in [-0.4, -0.2) is 26.0 Å². The van der Waals surface area contributed by atoms with Crippen LogP contribution in [0.15, 0.2) is 18.2 Å². The van der Waals surface area contributed by atoms with Crippen molar-refractivity contribution in [3.63, 3.8) is 0 Å². The first-order chi connectivity index (χ1) is 9.15. The van der Waals surface area contributed by atoms with Crippen molar-refractivity contribution in [2.75, 3.05) is 25.0 Å². The SMILES string of the molecule is CNC(=O)C1CCCN(c2cc(Cl)ccc2CN)C1. The zero-order chi connectivity index (χ0) is 13.8. The van der Waals surface area contributed by atoms with Gasteiger partial charge in [-0.1, -0.05) is 17.7 Å². The van der Waals surface area contributed by atoms with E-state index in [1.807, 2.05) is 18.2 Å². The van der Waals surface area contributed by atoms with Gasteiger partial charge in [-0.05, 0) is 30.5 Å². The van der Waals surface area contributed by atoms with E-state index in [1.54, 1.807) is 7.05 Å². The van der Waals surface area contributed by atoms with Crippen molar-refractivity contribution in [1.82, 2.24) is 5.32 Å². The molecule has 1 aliphatic rings. The van der Waals surface area contributed by atoms with E-state index in [1.165, 1.54) is 0 Å². The smallest absolute Gasteiger partial charge is 0.224 e. The maximum absolute atomic E-state index is 11.8. The molecule has 1 atom stereocenters. The zero-order valence-electron chi connectivity index (χ0n) is 11.2. The molecule has 1 unspecified atom stereocenters. The first-order valence-corrected chi connectivity index (χ1v) is 6.98. The summed E-state index contributed by atoms with van der Waals surface area (Å²) in [6, 6.07) is 5.75. The summed E-state index contributed by atoms with van der Waals surface area (Å²) in [6.07, 6.45) is 1.95. The van der Waals surface area contributed by atoms with Gasteiger partial charge >= 0.3 is 0 Å². The third kappa shape index (κ3) is 3.19. The monoisotopic (exact) mass is 281 g/mol. The van der Waals surface area contributed by atoms with E-state index in [-0.39, 0.29) is 11.8 Å². The van der Waals surface area contributed by atoms with Crippen LogP contribution in [0.2, 0.25) is 5.02 Å². The van der Waals surface area contributed by atoms with Gasteiger partial charge in [-0.25, -0.2) is 0 Å². The Kier molecular flexibility index (Phi) is 4.66. The van der Waals surface area contributed by atoms with Crippen molar-refractivity contribution in [3.05, 3.63) is 28.8 Å². The van der Waals surface area contributed by atoms with Gasteiger partial charge < -0.3 is 16.0 Å². The zero-order valence-corrected chi connectivity index (χ0v) is 11.9. The van der Waals surface area contributed by atoms with Gasteiger partial charge in [0, 0.05) is 37.4 Å². The van der Waals surface area contributed by atoms with Gasteiger partial charge in [0.15, 0.2) is 0 Å². The predicted molar refractivity (Wildman–Crippen MR) is 78.3 cm³/mol. The molecular formula is C14H20ClN3O. The highest BCUT2D eigenvalue weighted by molar-refractivity contribution is 6.30. The Bertz CT molecular complexity index is 464. The minimum Gasteiger partial charge on any atom is -0.370 e. The van der Waals surface area contributed by atoms with Gasteiger partial charge in [0.2, 0.25) is 5.91 Å². The lowest BCUT2D eigenvalue weighted by atomic mass is 9.96. The number of anilines is 1. The maximum Gasteiger partial charge on any atom is 0.224 e. The van der Waals surface area contributed by atoms with Crippen LogP contribution in [0.4, 0.5) is 5.69 Å². The molecule has 1 saturated heterocycles. The number of hydrogen-bond acceptors (Lipinski definition) is 3. The summed E-state index contributed by atoms with van der Waals surface area (Å²) in [6.45, 7) is 2.15. The summed E-state index contributed by atoms with van der Waals surface area (Å²) >= 11 is 6.07. The number of piperidine rings is 1. The first-order valence-electron chi connectivity index (χ1n) is 6.60. The third-order valence-electron chi connectivity index (χ3n) is 3.65. The summed E-state index contributed by atoms with van der Waals surface area (Å²) < 4.78 is 0. The molecule has 1 aromatic carbocycles. The van der Waals surface area contributed by atoms with Crippen LogP contribution in [0.3, 0.4) is 0 Å². The Hall–Kier alpha value is -1.26. The van der Waals surface area contributed by atoms with Gasteiger partial charge in [-0.3, -0.25) is 4.79 Å². The molecule has 0 spiro atoms. The molecular weight excluding hydrogens is 262 g/mol. The van der Waals surface area contributed by atoms with E-state index in [9.17, 15) is 4.79 Å². The Morgan fingerprint density at radius 3 is 3.05 bits per heavy atom. The minimum atomic E-state index is 0.0448. The second-order valence-corrected chi connectivity index (χ2v) is 5.31. The van der Waals surface area contributed by atoms with Crippen LogP contribution in [-0.2, 0) is 11.3 Å². The number of carbonyl (C=O) groups excluding carboxylic acids is 1. The Labute approximate surface area is 118 Å². The van der Waals surface area contributed by atoms with Crippen LogP contribution in [0.25, 0.3) is 0 Å². The number of nitrogens with two attached hydrogens (primary N) is 1. The van der Waals surface area contributed by atoms with Crippen molar-refractivity contribution >= 4 is 23.2 Å². The lowest BCUT2D eigenvalue weighted by Crippen LogP contribution is -2.42. The van der Waals surface area contributed by atoms with Gasteiger partial charge in [0.25, 0.3) is 0 Å². The van der Waals surface area contributed by atoms with Crippen molar-refractivity contribution in [3.8, 4) is 0 Å². The van der Waals surface area contributed by atoms with Crippen molar-refractivity contribution in [1.29, 1.82) is 0 Å². The third-order valence-corrected chi connectivity index (χ3v) is 3.88. The molecule has 1 aliphatic heterocycles. The standard InChI is InChI=1S/C14H20ClN3O/c1-17-14(19)11-3-2-6-18(9-11)13-7-12(15)5-4-10(13)8-16/h4-5,7,11H,2-3,6,8-9,16H2,1H3,(H,17,19). The highest BCUT2D eigenvalue weighted by Crippen LogP contribution is 2.29. The predicted octanol–water partition coefficient (Wildman–Crippen LogP) is 1.76. The summed E-state index contributed by atoms with van der Waals surface area (Å²) in [4.78, 5) is 14.0. The number of hydrogen-bond donors (Lipinski definition) is 2. The van der Waals surface area contributed by atoms with E-state index in [0.29, 0.717) is 11.6 Å². The van der Waals surface area contributed by atoms with Crippen LogP contribution >= 0.6 is 11.6 Å². The molecule has 1 aromatic rings. The van der Waals surface area contributed by atoms with E-state index >= 15 is 0 Å². The number of carbonyl (C=O) groups is 1. The molecule has 0 aliphatic carbocycles. The minimum absolute atomic E-state index is 0.0448. The number of amides is 1. The molecule has 0 aromatic heterocycles. The Balaban J connectivity index is 2.21. The number of nitrogens with one attached hydrogen (secondary N) is 1. The van der Waals surface area contributed by atoms with Gasteiger partial charge in [0.1, 0.15) is 0 Å². The molecule has 3 N–H and O–H groups in total. The summed E-state index contributed by atoms with van der Waals surface area (Å²) in [5.74, 6) is 0.157. The van der Waals surface area contributed by atoms with Crippen LogP contribution in [0, 0.1) is 5.92 Å². The van der Waals surface area contributed by atoms with E-state index in [2.05, 4.69) is 10.2 Å². The highest BCUT2D eigenvalue weighted by Gasteiger charge is 2.26. The molecule has 1 amide bonds. The summed E-state index contributed by atoms with van der Waals surface area (Å²) in [5.41, 5.74) is 7.91. The van der Waals surface area contributed by atoms with E-state index in [4.69, 9.17) is 17.3 Å². The Morgan fingerprint density at radius 2 is 2.37 bits per heavy atom. The fourth-order valence-corrected chi connectivity index (χ4v) is 2.78. The number of rotatable bonds is 3. The molecule has 0 bridgehead atoms. The molecule has 104 valence electrons. The molecule has 1 fully saturated rings. The highest BCUT2D eigenvalue weighted by atomic mass is 35.5. The molecule has 19 heavy (non-hydrogen) atoms. The van der Waals surface area contributed by atoms with Crippen LogP contribution in [0.1, 0.15) is 18.4 Å². The van der Waals surface area contributed by atoms with Crippen LogP contribution < -0.4 is 16.0 Å². The summed E-state index contributed by atoms with van der Waals surface area (Å²) in [5, 5.41) is 3.43. The average molecular weight is 282 g/mol. The quantitative estimate of drug-likeness (QED) is 0.888. The fourth-order valence-electron chi connectivity index (χ4n) is 2.62. The lowest BCUT2D eigenvalue weighted by Gasteiger charge is -2.34. The second-order valence-electron chi connectivity index (χ2n) is 4.88. The maximum atomic E-state index is 11.8. The van der Waals surface area contributed by atoms with Crippen molar-refractivity contribution in [2.24, 2.45) is 11.7 Å². The first kappa shape index (κ1) is 14.2. The van der Waals surface area contributed by atoms with E-state index in [0.717, 1.165) is 37.2 Å².